The molecule has 4 aliphatic heterocycles. The highest BCUT2D eigenvalue weighted by atomic mass is 19.4. The predicted molar refractivity (Wildman–Crippen MR) is 155 cm³/mol. The molecule has 1 aromatic rings. The lowest BCUT2D eigenvalue weighted by molar-refractivity contribution is -0.140. The van der Waals surface area contributed by atoms with E-state index in [0.717, 1.165) is 64.2 Å². The molecule has 6 rings (SSSR count). The van der Waals surface area contributed by atoms with Crippen LogP contribution in [0.2, 0.25) is 0 Å². The Kier molecular flexibility index (Phi) is 9.49. The number of halogens is 3. The average molecular weight is 607 g/mol. The highest BCUT2D eigenvalue weighted by molar-refractivity contribution is 5.97. The maximum Gasteiger partial charge on any atom is 0.416 e. The van der Waals surface area contributed by atoms with Crippen LogP contribution in [0.1, 0.15) is 73.7 Å². The molecule has 3 atom stereocenters. The topological polar surface area (TPSA) is 74.4 Å². The van der Waals surface area contributed by atoms with Crippen molar-refractivity contribution in [2.75, 3.05) is 59.1 Å². The Balaban J connectivity index is 1.27. The standard InChI is InChI=1S/C32H45F3N4O4/c33-32(34,35)24-5-6-29-28(18-24)31(41)36-11-7-23-19-37(25-3-1-2-4-25)12-8-22(23)17-30(40)39-14-13-38(20-27(39)21-43-29)26-9-15-42-16-10-26/h5-6,18,22-23,25-27H,1-4,7-17,19-21H2,(H,36,41)/t22-,23-,27-/m0/s1. The van der Waals surface area contributed by atoms with Gasteiger partial charge >= 0.3 is 6.18 Å². The van der Waals surface area contributed by atoms with Crippen LogP contribution in [0.5, 0.6) is 5.75 Å². The first-order chi connectivity index (χ1) is 20.8. The molecule has 8 nitrogen and oxygen atoms in total. The number of rotatable bonds is 2. The van der Waals surface area contributed by atoms with Gasteiger partial charge in [-0.15, -0.1) is 0 Å². The van der Waals surface area contributed by atoms with Crippen LogP contribution in [-0.4, -0.2) is 104 Å². The summed E-state index contributed by atoms with van der Waals surface area (Å²) in [6.07, 6.45) is 4.34. The van der Waals surface area contributed by atoms with E-state index in [0.29, 0.717) is 44.6 Å². The quantitative estimate of drug-likeness (QED) is 0.545. The third-order valence-electron chi connectivity index (χ3n) is 10.5. The first-order valence-electron chi connectivity index (χ1n) is 16.2. The molecule has 43 heavy (non-hydrogen) atoms. The Bertz CT molecular complexity index is 1140. The van der Waals surface area contributed by atoms with E-state index in [1.54, 1.807) is 0 Å². The van der Waals surface area contributed by atoms with Crippen molar-refractivity contribution in [3.63, 3.8) is 0 Å². The first kappa shape index (κ1) is 30.6. The number of likely N-dealkylation sites (tertiary alicyclic amines) is 1. The van der Waals surface area contributed by atoms with E-state index in [9.17, 15) is 22.8 Å². The van der Waals surface area contributed by atoms with Crippen LogP contribution >= 0.6 is 0 Å². The van der Waals surface area contributed by atoms with Crippen LogP contribution in [0, 0.1) is 11.8 Å². The van der Waals surface area contributed by atoms with Crippen molar-refractivity contribution in [3.8, 4) is 5.75 Å². The zero-order valence-electron chi connectivity index (χ0n) is 25.0. The second-order valence-electron chi connectivity index (χ2n) is 13.1. The summed E-state index contributed by atoms with van der Waals surface area (Å²) < 4.78 is 52.6. The monoisotopic (exact) mass is 606 g/mol. The zero-order chi connectivity index (χ0) is 30.0. The molecule has 1 aliphatic carbocycles. The molecule has 1 saturated carbocycles. The maximum atomic E-state index is 14.0. The van der Waals surface area contributed by atoms with Crippen molar-refractivity contribution in [1.29, 1.82) is 0 Å². The molecule has 4 fully saturated rings. The van der Waals surface area contributed by atoms with Crippen LogP contribution in [0.3, 0.4) is 0 Å². The van der Waals surface area contributed by atoms with E-state index in [4.69, 9.17) is 9.47 Å². The van der Waals surface area contributed by atoms with Gasteiger partial charge in [0.2, 0.25) is 5.91 Å². The summed E-state index contributed by atoms with van der Waals surface area (Å²) in [5, 5.41) is 2.89. The Labute approximate surface area is 252 Å². The molecule has 11 heteroatoms. The normalized spacial score (nSPS) is 29.7. The van der Waals surface area contributed by atoms with Gasteiger partial charge in [-0.1, -0.05) is 12.8 Å². The number of hydrogen-bond donors (Lipinski definition) is 1. The molecule has 0 radical (unpaired) electrons. The fraction of sp³-hybridized carbons (Fsp3) is 0.750. The number of alkyl halides is 3. The molecule has 238 valence electrons. The van der Waals surface area contributed by atoms with Gasteiger partial charge in [-0.3, -0.25) is 14.5 Å². The fourth-order valence-electron chi connectivity index (χ4n) is 8.04. The number of piperidine rings is 1. The minimum Gasteiger partial charge on any atom is -0.491 e. The van der Waals surface area contributed by atoms with Crippen molar-refractivity contribution in [3.05, 3.63) is 29.3 Å². The molecule has 0 bridgehead atoms. The Morgan fingerprint density at radius 3 is 2.33 bits per heavy atom. The number of carbonyl (C=O) groups excluding carboxylic acids is 2. The Morgan fingerprint density at radius 2 is 1.56 bits per heavy atom. The van der Waals surface area contributed by atoms with Crippen LogP contribution in [0.25, 0.3) is 0 Å². The summed E-state index contributed by atoms with van der Waals surface area (Å²) in [6.45, 7) is 5.78. The Hall–Kier alpha value is -2.37. The lowest BCUT2D eigenvalue weighted by Crippen LogP contribution is -2.60. The molecule has 1 N–H and O–H groups in total. The highest BCUT2D eigenvalue weighted by Crippen LogP contribution is 2.36. The minimum atomic E-state index is -4.58. The summed E-state index contributed by atoms with van der Waals surface area (Å²) in [5.74, 6) is 0.142. The average Bonchev–Trinajstić information content (AvgIpc) is 3.55. The van der Waals surface area contributed by atoms with Gasteiger partial charge in [0.15, 0.2) is 0 Å². The molecule has 4 heterocycles. The lowest BCUT2D eigenvalue weighted by atomic mass is 9.80. The first-order valence-corrected chi connectivity index (χ1v) is 16.2. The molecule has 0 unspecified atom stereocenters. The summed E-state index contributed by atoms with van der Waals surface area (Å²) in [6, 6.07) is 3.79. The molecule has 2 amide bonds. The van der Waals surface area contributed by atoms with Gasteiger partial charge in [-0.25, -0.2) is 0 Å². The number of ether oxygens (including phenoxy) is 2. The molecule has 0 aromatic heterocycles. The number of benzene rings is 1. The van der Waals surface area contributed by atoms with E-state index in [2.05, 4.69) is 15.1 Å². The SMILES string of the molecule is O=C1NCC[C@H]2CN(C3CCCC3)CC[C@H]2CC(=O)N2CCN(C3CCOCC3)C[C@H]2COc2ccc(C(F)(F)F)cc21. The number of hydrogen-bond acceptors (Lipinski definition) is 6. The third kappa shape index (κ3) is 7.14. The number of nitrogens with zero attached hydrogens (tertiary/aromatic N) is 3. The van der Waals surface area contributed by atoms with Gasteiger partial charge in [0.1, 0.15) is 12.4 Å². The highest BCUT2D eigenvalue weighted by Gasteiger charge is 2.39. The Morgan fingerprint density at radius 1 is 0.814 bits per heavy atom. The largest absolute Gasteiger partial charge is 0.491 e. The van der Waals surface area contributed by atoms with E-state index in [-0.39, 0.29) is 41.7 Å². The van der Waals surface area contributed by atoms with Gasteiger partial charge in [-0.05, 0) is 75.1 Å². The summed E-state index contributed by atoms with van der Waals surface area (Å²) >= 11 is 0. The van der Waals surface area contributed by atoms with Gasteiger partial charge in [0.25, 0.3) is 5.91 Å². The van der Waals surface area contributed by atoms with Gasteiger partial charge in [0.05, 0.1) is 17.2 Å². The molecule has 1 aromatic carbocycles. The van der Waals surface area contributed by atoms with Crippen LogP contribution in [0.4, 0.5) is 13.2 Å². The number of carbonyl (C=O) groups is 2. The second-order valence-corrected chi connectivity index (χ2v) is 13.1. The molecular weight excluding hydrogens is 561 g/mol. The van der Waals surface area contributed by atoms with Gasteiger partial charge < -0.3 is 24.6 Å². The smallest absolute Gasteiger partial charge is 0.416 e. The minimum absolute atomic E-state index is 0.112. The number of piperazine rings is 1. The van der Waals surface area contributed by atoms with Crippen LogP contribution in [-0.2, 0) is 15.7 Å². The summed E-state index contributed by atoms with van der Waals surface area (Å²) in [5.41, 5.74) is -1.000. The molecular formula is C32H45F3N4O4. The van der Waals surface area contributed by atoms with E-state index in [1.165, 1.54) is 31.7 Å². The van der Waals surface area contributed by atoms with Crippen LogP contribution < -0.4 is 10.1 Å². The van der Waals surface area contributed by atoms with Gasteiger partial charge in [-0.2, -0.15) is 13.2 Å². The van der Waals surface area contributed by atoms with E-state index >= 15 is 0 Å². The molecule has 5 aliphatic rings. The number of nitrogens with one attached hydrogen (secondary N) is 1. The van der Waals surface area contributed by atoms with Crippen molar-refractivity contribution in [1.82, 2.24) is 20.0 Å². The molecule has 3 saturated heterocycles. The van der Waals surface area contributed by atoms with Gasteiger partial charge in [0, 0.05) is 64.4 Å². The van der Waals surface area contributed by atoms with E-state index < -0.39 is 17.6 Å². The second kappa shape index (κ2) is 13.3. The predicted octanol–water partition coefficient (Wildman–Crippen LogP) is 4.18. The third-order valence-corrected chi connectivity index (χ3v) is 10.5. The lowest BCUT2D eigenvalue weighted by Gasteiger charge is -2.46. The van der Waals surface area contributed by atoms with Crippen molar-refractivity contribution in [2.24, 2.45) is 11.8 Å². The zero-order valence-corrected chi connectivity index (χ0v) is 25.0. The summed E-state index contributed by atoms with van der Waals surface area (Å²) in [7, 11) is 0. The van der Waals surface area contributed by atoms with Crippen molar-refractivity contribution >= 4 is 11.8 Å². The number of amides is 2. The van der Waals surface area contributed by atoms with E-state index in [1.807, 2.05) is 4.90 Å². The number of fused-ring (bicyclic) bond motifs is 3. The van der Waals surface area contributed by atoms with Crippen molar-refractivity contribution < 1.29 is 32.2 Å². The maximum absolute atomic E-state index is 14.0. The summed E-state index contributed by atoms with van der Waals surface area (Å²) in [4.78, 5) is 34.2. The fourth-order valence-corrected chi connectivity index (χ4v) is 8.04. The molecule has 0 spiro atoms. The van der Waals surface area contributed by atoms with Crippen LogP contribution in [0.15, 0.2) is 18.2 Å². The van der Waals surface area contributed by atoms with Crippen molar-refractivity contribution in [2.45, 2.75) is 82.1 Å².